The van der Waals surface area contributed by atoms with Gasteiger partial charge >= 0.3 is 6.18 Å². The smallest absolute Gasteiger partial charge is 0.408 e. The average Bonchev–Trinajstić information content (AvgIpc) is 2.89. The Bertz CT molecular complexity index is 1150. The average molecular weight is 412 g/mol. The van der Waals surface area contributed by atoms with Gasteiger partial charge in [-0.2, -0.15) is 13.2 Å². The van der Waals surface area contributed by atoms with Gasteiger partial charge in [0.15, 0.2) is 5.88 Å². The number of nitrogens with one attached hydrogen (secondary N) is 1. The number of benzene rings is 2. The lowest BCUT2D eigenvalue weighted by molar-refractivity contribution is -0.163. The summed E-state index contributed by atoms with van der Waals surface area (Å²) < 4.78 is 65.3. The number of aryl methyl sites for hydroxylation is 1. The van der Waals surface area contributed by atoms with Crippen molar-refractivity contribution in [3.8, 4) is 17.0 Å². The Morgan fingerprint density at radius 1 is 1.14 bits per heavy atom. The first-order valence-electron chi connectivity index (χ1n) is 8.36. The Labute approximate surface area is 160 Å². The molecular formula is C19H19F3N2O3S. The molecule has 2 aromatic carbocycles. The number of sulfonamides is 1. The number of hydrogen-bond donors (Lipinski definition) is 2. The number of rotatable bonds is 4. The number of fused-ring (bicyclic) bond motifs is 1. The van der Waals surface area contributed by atoms with E-state index in [0.29, 0.717) is 33.2 Å². The molecule has 1 atom stereocenters. The molecular weight excluding hydrogens is 393 g/mol. The zero-order valence-electron chi connectivity index (χ0n) is 15.4. The first-order valence-corrected chi connectivity index (χ1v) is 10.2. The van der Waals surface area contributed by atoms with E-state index in [1.165, 1.54) is 6.20 Å². The van der Waals surface area contributed by atoms with Crippen LogP contribution in [0.1, 0.15) is 18.5 Å². The van der Waals surface area contributed by atoms with E-state index < -0.39 is 28.1 Å². The van der Waals surface area contributed by atoms with Crippen LogP contribution in [-0.4, -0.2) is 30.5 Å². The summed E-state index contributed by atoms with van der Waals surface area (Å²) in [6.07, 6.45) is -2.17. The molecule has 3 rings (SSSR count). The second kappa shape index (κ2) is 6.73. The molecule has 3 aromatic rings. The summed E-state index contributed by atoms with van der Waals surface area (Å²) in [4.78, 5) is 0. The van der Waals surface area contributed by atoms with Crippen LogP contribution in [0.5, 0.6) is 5.88 Å². The van der Waals surface area contributed by atoms with E-state index in [-0.39, 0.29) is 0 Å². The molecule has 150 valence electrons. The predicted octanol–water partition coefficient (Wildman–Crippen LogP) is 4.82. The monoisotopic (exact) mass is 412 g/mol. The van der Waals surface area contributed by atoms with Crippen molar-refractivity contribution in [3.05, 3.63) is 48.2 Å². The normalized spacial score (nSPS) is 13.6. The summed E-state index contributed by atoms with van der Waals surface area (Å²) >= 11 is 0. The Morgan fingerprint density at radius 3 is 2.43 bits per heavy atom. The van der Waals surface area contributed by atoms with Crippen LogP contribution < -0.4 is 4.72 Å². The standard InChI is InChI=1S/C19H19F3N2O3S/c1-11-7-14(13-5-4-6-16(9-13)23-28(3,26)27)8-15-10-24(18(25)17(11)15)12(2)19(20,21)22/h4-10,12,23,25H,1-3H3. The SMILES string of the molecule is Cc1cc(-c2cccc(NS(C)(=O)=O)c2)cc2cn(C(C)C(F)(F)F)c(O)c12. The minimum Gasteiger partial charge on any atom is -0.494 e. The van der Waals surface area contributed by atoms with Gasteiger partial charge in [0.1, 0.15) is 6.04 Å². The Morgan fingerprint density at radius 2 is 1.82 bits per heavy atom. The molecule has 0 aliphatic carbocycles. The minimum atomic E-state index is -4.49. The topological polar surface area (TPSA) is 71.3 Å². The van der Waals surface area contributed by atoms with Crippen molar-refractivity contribution in [2.45, 2.75) is 26.1 Å². The maximum Gasteiger partial charge on any atom is 0.408 e. The first kappa shape index (κ1) is 20.1. The summed E-state index contributed by atoms with van der Waals surface area (Å²) in [5, 5.41) is 11.1. The number of aromatic hydroxyl groups is 1. The molecule has 5 nitrogen and oxygen atoms in total. The van der Waals surface area contributed by atoms with Gasteiger partial charge < -0.3 is 9.67 Å². The maximum absolute atomic E-state index is 13.1. The molecule has 28 heavy (non-hydrogen) atoms. The number of anilines is 1. The highest BCUT2D eigenvalue weighted by Crippen LogP contribution is 2.40. The zero-order chi connectivity index (χ0) is 20.9. The highest BCUT2D eigenvalue weighted by Gasteiger charge is 2.38. The van der Waals surface area contributed by atoms with Gasteiger partial charge in [-0.25, -0.2) is 8.42 Å². The van der Waals surface area contributed by atoms with Crippen LogP contribution in [0.25, 0.3) is 21.9 Å². The number of alkyl halides is 3. The molecule has 1 heterocycles. The van der Waals surface area contributed by atoms with Crippen LogP contribution in [0.15, 0.2) is 42.6 Å². The van der Waals surface area contributed by atoms with E-state index in [1.54, 1.807) is 43.3 Å². The van der Waals surface area contributed by atoms with E-state index >= 15 is 0 Å². The molecule has 0 aliphatic rings. The fourth-order valence-electron chi connectivity index (χ4n) is 3.16. The Balaban J connectivity index is 2.11. The van der Waals surface area contributed by atoms with Crippen molar-refractivity contribution in [1.82, 2.24) is 4.57 Å². The third-order valence-corrected chi connectivity index (χ3v) is 5.11. The number of hydrogen-bond acceptors (Lipinski definition) is 3. The first-order chi connectivity index (χ1) is 12.9. The number of aromatic nitrogens is 1. The lowest BCUT2D eigenvalue weighted by Gasteiger charge is -2.18. The summed E-state index contributed by atoms with van der Waals surface area (Å²) in [6, 6.07) is 8.22. The number of halogens is 3. The van der Waals surface area contributed by atoms with Gasteiger partial charge in [0.05, 0.1) is 6.26 Å². The fraction of sp³-hybridized carbons (Fsp3) is 0.263. The van der Waals surface area contributed by atoms with Crippen molar-refractivity contribution in [2.75, 3.05) is 11.0 Å². The van der Waals surface area contributed by atoms with Crippen molar-refractivity contribution in [2.24, 2.45) is 0 Å². The second-order valence-electron chi connectivity index (χ2n) is 6.79. The van der Waals surface area contributed by atoms with Gasteiger partial charge in [-0.1, -0.05) is 18.2 Å². The van der Waals surface area contributed by atoms with E-state index in [1.807, 2.05) is 0 Å². The van der Waals surface area contributed by atoms with Crippen LogP contribution >= 0.6 is 0 Å². The Hall–Kier alpha value is -2.68. The van der Waals surface area contributed by atoms with Crippen molar-refractivity contribution in [1.29, 1.82) is 0 Å². The van der Waals surface area contributed by atoms with Crippen LogP contribution in [0, 0.1) is 6.92 Å². The van der Waals surface area contributed by atoms with Crippen molar-refractivity contribution < 1.29 is 26.7 Å². The third-order valence-electron chi connectivity index (χ3n) is 4.50. The molecule has 2 N–H and O–H groups in total. The summed E-state index contributed by atoms with van der Waals surface area (Å²) in [6.45, 7) is 2.68. The predicted molar refractivity (Wildman–Crippen MR) is 103 cm³/mol. The van der Waals surface area contributed by atoms with Crippen LogP contribution in [0.2, 0.25) is 0 Å². The fourth-order valence-corrected chi connectivity index (χ4v) is 3.71. The van der Waals surface area contributed by atoms with E-state index in [2.05, 4.69) is 4.72 Å². The van der Waals surface area contributed by atoms with Gasteiger partial charge in [-0.15, -0.1) is 0 Å². The molecule has 0 bridgehead atoms. The highest BCUT2D eigenvalue weighted by atomic mass is 32.2. The molecule has 0 aliphatic heterocycles. The lowest BCUT2D eigenvalue weighted by Crippen LogP contribution is -2.22. The molecule has 9 heteroatoms. The molecule has 0 saturated heterocycles. The zero-order valence-corrected chi connectivity index (χ0v) is 16.2. The molecule has 0 radical (unpaired) electrons. The van der Waals surface area contributed by atoms with Crippen LogP contribution in [-0.2, 0) is 10.0 Å². The van der Waals surface area contributed by atoms with E-state index in [9.17, 15) is 26.7 Å². The molecule has 0 fully saturated rings. The summed E-state index contributed by atoms with van der Waals surface area (Å²) in [5.41, 5.74) is 2.37. The van der Waals surface area contributed by atoms with Crippen LogP contribution in [0.3, 0.4) is 0 Å². The molecule has 1 aromatic heterocycles. The Kier molecular flexibility index (Phi) is 4.82. The largest absolute Gasteiger partial charge is 0.494 e. The van der Waals surface area contributed by atoms with Crippen LogP contribution in [0.4, 0.5) is 18.9 Å². The quantitative estimate of drug-likeness (QED) is 0.646. The maximum atomic E-state index is 13.1. The van der Waals surface area contributed by atoms with E-state index in [0.717, 1.165) is 17.7 Å². The number of nitrogens with zero attached hydrogens (tertiary/aromatic N) is 1. The van der Waals surface area contributed by atoms with Crippen molar-refractivity contribution in [3.63, 3.8) is 0 Å². The van der Waals surface area contributed by atoms with Gasteiger partial charge in [-0.05, 0) is 48.7 Å². The van der Waals surface area contributed by atoms with Gasteiger partial charge in [0.2, 0.25) is 10.0 Å². The highest BCUT2D eigenvalue weighted by molar-refractivity contribution is 7.92. The lowest BCUT2D eigenvalue weighted by atomic mass is 9.99. The molecule has 1 unspecified atom stereocenters. The summed E-state index contributed by atoms with van der Waals surface area (Å²) in [7, 11) is -3.44. The summed E-state index contributed by atoms with van der Waals surface area (Å²) in [5.74, 6) is -0.434. The molecule has 0 saturated carbocycles. The van der Waals surface area contributed by atoms with E-state index in [4.69, 9.17) is 0 Å². The molecule has 0 spiro atoms. The minimum absolute atomic E-state index is 0.352. The van der Waals surface area contributed by atoms with Gasteiger partial charge in [0, 0.05) is 22.7 Å². The second-order valence-corrected chi connectivity index (χ2v) is 8.54. The molecule has 0 amide bonds. The van der Waals surface area contributed by atoms with Crippen molar-refractivity contribution >= 4 is 26.5 Å². The van der Waals surface area contributed by atoms with Gasteiger partial charge in [-0.3, -0.25) is 4.72 Å². The third kappa shape index (κ3) is 3.94. The van der Waals surface area contributed by atoms with Gasteiger partial charge in [0.25, 0.3) is 0 Å².